The number of allylic oxidation sites excluding steroid dienone is 2. The summed E-state index contributed by atoms with van der Waals surface area (Å²) in [5, 5.41) is -0.678. The number of thioether (sulfide) groups is 1. The van der Waals surface area contributed by atoms with E-state index in [0.29, 0.717) is 21.1 Å². The molecule has 0 N–H and O–H groups in total. The Hall–Kier alpha value is -6.03. The van der Waals surface area contributed by atoms with E-state index in [1.54, 1.807) is 48.6 Å². The van der Waals surface area contributed by atoms with E-state index >= 15 is 0 Å². The van der Waals surface area contributed by atoms with Crippen LogP contribution in [-0.4, -0.2) is 51.8 Å². The van der Waals surface area contributed by atoms with E-state index in [9.17, 15) is 14.4 Å². The molecule has 6 aromatic carbocycles. The number of ether oxygens (including phenoxy) is 4. The Balaban J connectivity index is 0.00000307. The second-order valence-electron chi connectivity index (χ2n) is 13.7. The van der Waals surface area contributed by atoms with Gasteiger partial charge in [-0.25, -0.2) is 0 Å². The monoisotopic (exact) mass is 865 g/mol. The summed E-state index contributed by atoms with van der Waals surface area (Å²) in [6.45, 7) is 9.49. The van der Waals surface area contributed by atoms with Gasteiger partial charge in [0.05, 0.1) is 0 Å². The summed E-state index contributed by atoms with van der Waals surface area (Å²) in [7, 11) is 0. The molecule has 9 heteroatoms. The number of esters is 3. The normalized spacial score (nSPS) is 16.9. The first-order valence-corrected chi connectivity index (χ1v) is 21.6. The standard InChI is InChI=1S/C50H40O7S.C2H6.V/c1-3-13-34(2)32-55-50-46(57-49(53)43-30-24-40(25-31-43)37-18-11-6-12-19-37)45(56-48(52)42-28-22-39(23-29-42)36-16-9-5-10-17-36)44(58-50)33-54-47(51)41-26-20-38(21-27-41)35-14-7-4-8-15-35;1-2;/h3-31,44-46,50H,1,33H2,2H3;1-2H3;/b34-13+;;/t44-,45-,46-,50?;;/m0../s1. The molecule has 4 atom stereocenters. The third kappa shape index (κ3) is 11.6. The summed E-state index contributed by atoms with van der Waals surface area (Å²) in [5.74, 6) is -1.80. The predicted molar refractivity (Wildman–Crippen MR) is 241 cm³/mol. The Morgan fingerprint density at radius 2 is 0.902 bits per heavy atom. The predicted octanol–water partition coefficient (Wildman–Crippen LogP) is 11.6. The molecule has 0 amide bonds. The molecule has 1 fully saturated rings. The first kappa shape index (κ1) is 44.5. The summed E-state index contributed by atoms with van der Waals surface area (Å²) >= 11 is 3.64. The molecule has 7 nitrogen and oxygen atoms in total. The van der Waals surface area contributed by atoms with Crippen molar-refractivity contribution < 1.29 is 50.3 Å². The molecule has 61 heavy (non-hydrogen) atoms. The maximum Gasteiger partial charge on any atom is -0.0683 e. The first-order chi connectivity index (χ1) is 29.8. The van der Waals surface area contributed by atoms with Crippen molar-refractivity contribution in [1.82, 2.24) is 0 Å². The van der Waals surface area contributed by atoms with Crippen molar-refractivity contribution >= 4 is 34.1 Å². The van der Waals surface area contributed by atoms with Crippen molar-refractivity contribution in [3.05, 3.63) is 205 Å². The molecule has 1 unspecified atom stereocenters. The first-order valence-electron chi connectivity index (χ1n) is 20.0. The molecule has 0 saturated carbocycles. The SMILES string of the molecule is C=C/C=C(\C)[C](=[V])OC1S[C@@H](COC(=O)c2ccc(-c3ccccc3)cc2)[C@H](OC(=O)c2ccc(-c3ccccc3)cc2)[C@@H]1OC(=O)c1ccc(-c2ccccc2)cc1.CC. The van der Waals surface area contributed by atoms with Crippen LogP contribution in [0.25, 0.3) is 33.4 Å². The number of carbonyl (C=O) groups is 3. The van der Waals surface area contributed by atoms with Crippen LogP contribution < -0.4 is 0 Å². The fourth-order valence-electron chi connectivity index (χ4n) is 6.55. The van der Waals surface area contributed by atoms with E-state index in [2.05, 4.69) is 23.6 Å². The van der Waals surface area contributed by atoms with Gasteiger partial charge in [0.15, 0.2) is 0 Å². The van der Waals surface area contributed by atoms with Gasteiger partial charge in [0.2, 0.25) is 0 Å². The van der Waals surface area contributed by atoms with Gasteiger partial charge in [-0.15, -0.1) is 0 Å². The molecular weight excluding hydrogens is 820 g/mol. The minimum Gasteiger partial charge on any atom is -0.0683 e. The van der Waals surface area contributed by atoms with Gasteiger partial charge in [0, 0.05) is 0 Å². The van der Waals surface area contributed by atoms with Crippen LogP contribution >= 0.6 is 11.8 Å². The molecule has 7 rings (SSSR count). The van der Waals surface area contributed by atoms with Crippen LogP contribution in [0, 0.1) is 0 Å². The molecule has 0 aliphatic carbocycles. The Labute approximate surface area is 370 Å². The van der Waals surface area contributed by atoms with Gasteiger partial charge >= 0.3 is 275 Å². The fourth-order valence-corrected chi connectivity index (χ4v) is 8.33. The average molecular weight is 866 g/mol. The molecule has 0 spiro atoms. The third-order valence-electron chi connectivity index (χ3n) is 9.75. The second-order valence-corrected chi connectivity index (χ2v) is 15.7. The maximum atomic E-state index is 13.9. The van der Waals surface area contributed by atoms with Crippen molar-refractivity contribution in [3.8, 4) is 33.4 Å². The van der Waals surface area contributed by atoms with E-state index in [4.69, 9.17) is 18.9 Å². The summed E-state index contributed by atoms with van der Waals surface area (Å²) in [6, 6.07) is 50.9. The zero-order valence-electron chi connectivity index (χ0n) is 34.2. The summed E-state index contributed by atoms with van der Waals surface area (Å²) in [4.78, 5) is 41.3. The van der Waals surface area contributed by atoms with Crippen LogP contribution in [0.3, 0.4) is 0 Å². The van der Waals surface area contributed by atoms with Crippen molar-refractivity contribution in [2.45, 2.75) is 43.7 Å². The quantitative estimate of drug-likeness (QED) is 0.0608. The van der Waals surface area contributed by atoms with E-state index in [1.165, 1.54) is 11.8 Å². The number of hydrogen-bond donors (Lipinski definition) is 0. The molecule has 0 radical (unpaired) electrons. The summed E-state index contributed by atoms with van der Waals surface area (Å²) < 4.78 is 25.3. The van der Waals surface area contributed by atoms with Crippen LogP contribution in [0.5, 0.6) is 0 Å². The molecule has 0 bridgehead atoms. The van der Waals surface area contributed by atoms with Crippen LogP contribution in [-0.2, 0) is 35.9 Å². The van der Waals surface area contributed by atoms with Gasteiger partial charge in [-0.3, -0.25) is 0 Å². The number of hydrogen-bond acceptors (Lipinski definition) is 8. The molecule has 1 heterocycles. The van der Waals surface area contributed by atoms with Gasteiger partial charge in [0.25, 0.3) is 0 Å². The summed E-state index contributed by atoms with van der Waals surface area (Å²) in [6.07, 6.45) is 1.27. The van der Waals surface area contributed by atoms with E-state index in [1.807, 2.05) is 148 Å². The van der Waals surface area contributed by atoms with Crippen LogP contribution in [0.15, 0.2) is 188 Å². The molecule has 1 aliphatic rings. The van der Waals surface area contributed by atoms with Gasteiger partial charge < -0.3 is 0 Å². The Bertz CT molecular complexity index is 2430. The minimum absolute atomic E-state index is 0.163. The largest absolute Gasteiger partial charge is 0.0683 e. The van der Waals surface area contributed by atoms with Crippen LogP contribution in [0.1, 0.15) is 51.8 Å². The molecule has 1 aliphatic heterocycles. The fraction of sp³-hybridized carbons (Fsp3) is 0.154. The molecule has 1 saturated heterocycles. The Kier molecular flexibility index (Phi) is 16.1. The molecule has 0 aromatic heterocycles. The molecule has 307 valence electrons. The van der Waals surface area contributed by atoms with Crippen molar-refractivity contribution in [3.63, 3.8) is 0 Å². The van der Waals surface area contributed by atoms with E-state index < -0.39 is 40.8 Å². The zero-order chi connectivity index (χ0) is 43.1. The second kappa shape index (κ2) is 22.0. The zero-order valence-corrected chi connectivity index (χ0v) is 36.4. The Morgan fingerprint density at radius 1 is 0.541 bits per heavy atom. The van der Waals surface area contributed by atoms with Gasteiger partial charge in [0.1, 0.15) is 0 Å². The van der Waals surface area contributed by atoms with Crippen molar-refractivity contribution in [1.29, 1.82) is 0 Å². The number of rotatable bonds is 14. The topological polar surface area (TPSA) is 88.1 Å². The van der Waals surface area contributed by atoms with E-state index in [-0.39, 0.29) is 6.61 Å². The maximum absolute atomic E-state index is 13.9. The van der Waals surface area contributed by atoms with E-state index in [0.717, 1.165) is 39.0 Å². The number of carbonyl (C=O) groups excluding carboxylic acids is 3. The van der Waals surface area contributed by atoms with Gasteiger partial charge in [-0.05, 0) is 5.56 Å². The smallest absolute Gasteiger partial charge is 0.0683 e. The Morgan fingerprint density at radius 3 is 1.30 bits per heavy atom. The minimum atomic E-state index is -1.10. The van der Waals surface area contributed by atoms with Crippen LogP contribution in [0.4, 0.5) is 0 Å². The van der Waals surface area contributed by atoms with Gasteiger partial charge in [-0.2, -0.15) is 0 Å². The average Bonchev–Trinajstić information content (AvgIpc) is 3.63. The summed E-state index contributed by atoms with van der Waals surface area (Å²) in [5.41, 5.74) is 6.78. The van der Waals surface area contributed by atoms with Crippen molar-refractivity contribution in [2.24, 2.45) is 0 Å². The number of benzene rings is 6. The van der Waals surface area contributed by atoms with Crippen molar-refractivity contribution in [2.75, 3.05) is 6.61 Å². The third-order valence-corrected chi connectivity index (χ3v) is 11.9. The molecular formula is C52H46O7SV. The molecule has 6 aromatic rings. The van der Waals surface area contributed by atoms with Crippen LogP contribution in [0.2, 0.25) is 0 Å². The van der Waals surface area contributed by atoms with Gasteiger partial charge in [-0.1, -0.05) is 92.7 Å².